The van der Waals surface area contributed by atoms with Crippen LogP contribution in [0.2, 0.25) is 0 Å². The van der Waals surface area contributed by atoms with Crippen molar-refractivity contribution < 1.29 is 9.66 Å². The predicted octanol–water partition coefficient (Wildman–Crippen LogP) is 3.35. The van der Waals surface area contributed by atoms with Crippen LogP contribution in [0.15, 0.2) is 42.5 Å². The molecule has 0 N–H and O–H groups in total. The van der Waals surface area contributed by atoms with Gasteiger partial charge in [0.05, 0.1) is 22.8 Å². The number of anilines is 1. The van der Waals surface area contributed by atoms with Gasteiger partial charge < -0.3 is 9.64 Å². The molecule has 1 aliphatic heterocycles. The molecule has 0 amide bonds. The van der Waals surface area contributed by atoms with E-state index in [1.165, 1.54) is 12.1 Å². The van der Waals surface area contributed by atoms with Crippen LogP contribution in [0.4, 0.5) is 11.4 Å². The van der Waals surface area contributed by atoms with Gasteiger partial charge in [0.25, 0.3) is 5.69 Å². The van der Waals surface area contributed by atoms with Crippen molar-refractivity contribution in [1.82, 2.24) is 0 Å². The lowest BCUT2D eigenvalue weighted by Gasteiger charge is -2.35. The molecule has 1 unspecified atom stereocenters. The number of hydrogen-bond donors (Lipinski definition) is 0. The van der Waals surface area contributed by atoms with Gasteiger partial charge in [0.15, 0.2) is 0 Å². The molecule has 0 aromatic heterocycles. The lowest BCUT2D eigenvalue weighted by molar-refractivity contribution is -0.384. The molecule has 24 heavy (non-hydrogen) atoms. The second-order valence-electron chi connectivity index (χ2n) is 5.73. The molecule has 122 valence electrons. The van der Waals surface area contributed by atoms with Crippen molar-refractivity contribution in [1.29, 1.82) is 5.26 Å². The largest absolute Gasteiger partial charge is 0.370 e. The van der Waals surface area contributed by atoms with E-state index in [0.717, 1.165) is 11.1 Å². The van der Waals surface area contributed by atoms with Crippen molar-refractivity contribution >= 4 is 11.4 Å². The van der Waals surface area contributed by atoms with Gasteiger partial charge in [-0.05, 0) is 24.1 Å². The fourth-order valence-corrected chi connectivity index (χ4v) is 3.01. The summed E-state index contributed by atoms with van der Waals surface area (Å²) in [4.78, 5) is 12.5. The molecule has 0 bridgehead atoms. The lowest BCUT2D eigenvalue weighted by Crippen LogP contribution is -2.39. The van der Waals surface area contributed by atoms with Crippen LogP contribution < -0.4 is 4.90 Å². The molecular formula is C18H17N3O3. The van der Waals surface area contributed by atoms with Crippen LogP contribution in [0.3, 0.4) is 0 Å². The molecular weight excluding hydrogens is 306 g/mol. The molecule has 0 saturated carbocycles. The van der Waals surface area contributed by atoms with Crippen LogP contribution in [0.25, 0.3) is 0 Å². The summed E-state index contributed by atoms with van der Waals surface area (Å²) >= 11 is 0. The minimum Gasteiger partial charge on any atom is -0.370 e. The number of ether oxygens (including phenoxy) is 1. The van der Waals surface area contributed by atoms with E-state index in [1.54, 1.807) is 6.07 Å². The summed E-state index contributed by atoms with van der Waals surface area (Å²) in [5.74, 6) is 0. The van der Waals surface area contributed by atoms with E-state index in [-0.39, 0.29) is 11.8 Å². The summed E-state index contributed by atoms with van der Waals surface area (Å²) in [6.45, 7) is 3.84. The number of benzene rings is 2. The summed E-state index contributed by atoms with van der Waals surface area (Å²) in [5.41, 5.74) is 3.25. The van der Waals surface area contributed by atoms with Gasteiger partial charge in [0, 0.05) is 25.2 Å². The highest BCUT2D eigenvalue weighted by Gasteiger charge is 2.25. The maximum absolute atomic E-state index is 10.9. The minimum atomic E-state index is -0.486. The highest BCUT2D eigenvalue weighted by atomic mass is 16.6. The first-order valence-electron chi connectivity index (χ1n) is 7.71. The monoisotopic (exact) mass is 323 g/mol. The Labute approximate surface area is 140 Å². The first-order valence-corrected chi connectivity index (χ1v) is 7.71. The van der Waals surface area contributed by atoms with E-state index in [2.05, 4.69) is 11.0 Å². The van der Waals surface area contributed by atoms with E-state index in [0.29, 0.717) is 30.9 Å². The average Bonchev–Trinajstić information content (AvgIpc) is 2.61. The fourth-order valence-electron chi connectivity index (χ4n) is 3.01. The van der Waals surface area contributed by atoms with Crippen molar-refractivity contribution in [2.75, 3.05) is 24.6 Å². The first-order chi connectivity index (χ1) is 11.6. The molecule has 1 saturated heterocycles. The van der Waals surface area contributed by atoms with Gasteiger partial charge in [-0.2, -0.15) is 5.26 Å². The van der Waals surface area contributed by atoms with Gasteiger partial charge in [0.1, 0.15) is 12.2 Å². The van der Waals surface area contributed by atoms with E-state index in [9.17, 15) is 15.4 Å². The zero-order valence-corrected chi connectivity index (χ0v) is 13.3. The molecule has 1 atom stereocenters. The number of nitrogens with zero attached hydrogens (tertiary/aromatic N) is 3. The number of nitriles is 1. The van der Waals surface area contributed by atoms with Crippen molar-refractivity contribution in [2.24, 2.45) is 0 Å². The molecule has 2 aromatic rings. The second-order valence-corrected chi connectivity index (χ2v) is 5.73. The van der Waals surface area contributed by atoms with Gasteiger partial charge in [-0.3, -0.25) is 10.1 Å². The molecule has 1 fully saturated rings. The van der Waals surface area contributed by atoms with Crippen LogP contribution >= 0.6 is 0 Å². The van der Waals surface area contributed by atoms with Crippen LogP contribution in [0.5, 0.6) is 0 Å². The van der Waals surface area contributed by atoms with Crippen LogP contribution in [0, 0.1) is 28.4 Å². The maximum atomic E-state index is 10.9. The maximum Gasteiger partial charge on any atom is 0.270 e. The molecule has 0 radical (unpaired) electrons. The molecule has 0 spiro atoms. The molecule has 0 aliphatic carbocycles. The van der Waals surface area contributed by atoms with Gasteiger partial charge in [0.2, 0.25) is 0 Å². The third-order valence-corrected chi connectivity index (χ3v) is 4.25. The van der Waals surface area contributed by atoms with Crippen molar-refractivity contribution in [3.05, 3.63) is 69.3 Å². The predicted molar refractivity (Wildman–Crippen MR) is 89.9 cm³/mol. The fraction of sp³-hybridized carbons (Fsp3) is 0.278. The zero-order chi connectivity index (χ0) is 17.1. The average molecular weight is 323 g/mol. The number of aryl methyl sites for hydroxylation is 1. The Morgan fingerprint density at radius 2 is 2.12 bits per heavy atom. The van der Waals surface area contributed by atoms with Crippen molar-refractivity contribution in [3.8, 4) is 6.07 Å². The Bertz CT molecular complexity index is 813. The standard InChI is InChI=1S/C18H17N3O3/c1-13-4-2-3-5-16(13)18-12-20(8-9-24-18)17-7-6-15(21(22)23)10-14(17)11-19/h2-7,10,18H,8-9,12H2,1H3. The molecule has 2 aromatic carbocycles. The van der Waals surface area contributed by atoms with E-state index in [1.807, 2.05) is 31.2 Å². The number of rotatable bonds is 3. The van der Waals surface area contributed by atoms with Crippen molar-refractivity contribution in [2.45, 2.75) is 13.0 Å². The zero-order valence-electron chi connectivity index (χ0n) is 13.3. The number of morpholine rings is 1. The van der Waals surface area contributed by atoms with Gasteiger partial charge in [-0.25, -0.2) is 0 Å². The van der Waals surface area contributed by atoms with Gasteiger partial charge >= 0.3 is 0 Å². The smallest absolute Gasteiger partial charge is 0.270 e. The Balaban J connectivity index is 1.89. The Kier molecular flexibility index (Phi) is 4.45. The Hall–Kier alpha value is -2.91. The third-order valence-electron chi connectivity index (χ3n) is 4.25. The Morgan fingerprint density at radius 3 is 2.83 bits per heavy atom. The molecule has 1 heterocycles. The number of non-ortho nitro benzene ring substituents is 1. The summed E-state index contributed by atoms with van der Waals surface area (Å²) in [5, 5.41) is 20.2. The number of nitro groups is 1. The SMILES string of the molecule is Cc1ccccc1C1CN(c2ccc([N+](=O)[O-])cc2C#N)CCO1. The first kappa shape index (κ1) is 16.0. The number of hydrogen-bond acceptors (Lipinski definition) is 5. The lowest BCUT2D eigenvalue weighted by atomic mass is 10.0. The summed E-state index contributed by atoms with van der Waals surface area (Å²) in [6.07, 6.45) is -0.0818. The molecule has 6 heteroatoms. The highest BCUT2D eigenvalue weighted by molar-refractivity contribution is 5.63. The summed E-state index contributed by atoms with van der Waals surface area (Å²) < 4.78 is 5.90. The van der Waals surface area contributed by atoms with Crippen molar-refractivity contribution in [3.63, 3.8) is 0 Å². The van der Waals surface area contributed by atoms with Crippen LogP contribution in [0.1, 0.15) is 22.8 Å². The molecule has 3 rings (SSSR count). The number of nitro benzene ring substituents is 1. The van der Waals surface area contributed by atoms with Crippen LogP contribution in [-0.4, -0.2) is 24.6 Å². The van der Waals surface area contributed by atoms with E-state index < -0.39 is 4.92 Å². The topological polar surface area (TPSA) is 79.4 Å². The summed E-state index contributed by atoms with van der Waals surface area (Å²) in [6, 6.07) is 14.5. The van der Waals surface area contributed by atoms with E-state index >= 15 is 0 Å². The quantitative estimate of drug-likeness (QED) is 0.639. The van der Waals surface area contributed by atoms with Gasteiger partial charge in [-0.1, -0.05) is 24.3 Å². The van der Waals surface area contributed by atoms with Crippen LogP contribution in [-0.2, 0) is 4.74 Å². The minimum absolute atomic E-state index is 0.0704. The second kappa shape index (κ2) is 6.69. The van der Waals surface area contributed by atoms with Gasteiger partial charge in [-0.15, -0.1) is 0 Å². The summed E-state index contributed by atoms with van der Waals surface area (Å²) in [7, 11) is 0. The normalized spacial score (nSPS) is 17.3. The highest BCUT2D eigenvalue weighted by Crippen LogP contribution is 2.31. The Morgan fingerprint density at radius 1 is 1.33 bits per heavy atom. The van der Waals surface area contributed by atoms with E-state index in [4.69, 9.17) is 4.74 Å². The molecule has 6 nitrogen and oxygen atoms in total. The third kappa shape index (κ3) is 3.07. The molecule has 1 aliphatic rings.